The Bertz CT molecular complexity index is 1720. The summed E-state index contributed by atoms with van der Waals surface area (Å²) in [5.74, 6) is -2.76. The Morgan fingerprint density at radius 2 is 1.57 bits per heavy atom. The first-order chi connectivity index (χ1) is 24.3. The molecule has 0 aliphatic rings. The Kier molecular flexibility index (Phi) is 15.9. The number of esters is 2. The van der Waals surface area contributed by atoms with Crippen molar-refractivity contribution in [1.29, 1.82) is 0 Å². The first-order valence-corrected chi connectivity index (χ1v) is 18.2. The van der Waals surface area contributed by atoms with Gasteiger partial charge in [0.1, 0.15) is 23.2 Å². The fourth-order valence-electron chi connectivity index (χ4n) is 5.18. The van der Waals surface area contributed by atoms with Crippen LogP contribution in [-0.4, -0.2) is 87.2 Å². The lowest BCUT2D eigenvalue weighted by Gasteiger charge is -2.27. The zero-order chi connectivity index (χ0) is 37.4. The van der Waals surface area contributed by atoms with E-state index in [0.29, 0.717) is 31.4 Å². The van der Waals surface area contributed by atoms with Gasteiger partial charge in [0.05, 0.1) is 30.5 Å². The molecular weight excluding hydrogens is 680 g/mol. The van der Waals surface area contributed by atoms with E-state index in [0.717, 1.165) is 11.6 Å². The van der Waals surface area contributed by atoms with Crippen molar-refractivity contribution in [1.82, 2.24) is 10.2 Å². The van der Waals surface area contributed by atoms with Gasteiger partial charge in [0.15, 0.2) is 5.75 Å². The number of ether oxygens (including phenoxy) is 3. The fourth-order valence-corrected chi connectivity index (χ4v) is 5.89. The van der Waals surface area contributed by atoms with Crippen molar-refractivity contribution >= 4 is 39.5 Å². The summed E-state index contributed by atoms with van der Waals surface area (Å²) in [5.41, 5.74) is 1.11. The van der Waals surface area contributed by atoms with Gasteiger partial charge in [-0.3, -0.25) is 19.7 Å². The van der Waals surface area contributed by atoms with E-state index in [1.165, 1.54) is 11.0 Å². The predicted molar refractivity (Wildman–Crippen MR) is 190 cm³/mol. The third-order valence-electron chi connectivity index (χ3n) is 7.60. The smallest absolute Gasteiger partial charge is 0.338 e. The van der Waals surface area contributed by atoms with E-state index in [9.17, 15) is 32.7 Å². The average Bonchev–Trinajstić information content (AvgIpc) is 3.09. The number of anilines is 1. The normalized spacial score (nSPS) is 12.3. The van der Waals surface area contributed by atoms with Crippen molar-refractivity contribution in [3.8, 4) is 11.5 Å². The number of nitrogens with one attached hydrogen (secondary N) is 2. The van der Waals surface area contributed by atoms with Crippen LogP contribution in [-0.2, 0) is 40.3 Å². The number of carbonyl (C=O) groups excluding carboxylic acids is 3. The molecule has 14 nitrogen and oxygen atoms in total. The maximum Gasteiger partial charge on any atom is 0.338 e. The molecule has 0 aromatic heterocycles. The van der Waals surface area contributed by atoms with Gasteiger partial charge in [-0.2, -0.15) is 0 Å². The van der Waals surface area contributed by atoms with Crippen molar-refractivity contribution in [3.05, 3.63) is 83.9 Å². The molecule has 0 fully saturated rings. The standard InChI is InChI=1S/C36H46N4O10S/c1-4-48-35(44)27-22-30(33(31(23-27)51(37,46)47)50-28-16-10-7-11-17-28)38-20-12-13-21-40(24-32(41)42)34(43)25(3)39-29(36(45)49-5-2)19-18-26-14-8-6-9-15-26/h6-11,14-17,22-23,25,29,38-39H,4-5,12-13,18-21,24H2,1-3H3,(H,41,42)(H2,37,46,47)/t25-,29-/m0/s1. The van der Waals surface area contributed by atoms with E-state index in [4.69, 9.17) is 19.3 Å². The SMILES string of the molecule is CCOC(=O)c1cc(NCCCCN(CC(=O)O)C(=O)[C@H](C)N[C@@H](CCc2ccccc2)C(=O)OCC)c(Oc2ccccc2)c(S(N)(=O)=O)c1. The van der Waals surface area contributed by atoms with Crippen LogP contribution in [0.25, 0.3) is 0 Å². The molecule has 5 N–H and O–H groups in total. The van der Waals surface area contributed by atoms with Gasteiger partial charge in [0.2, 0.25) is 15.9 Å². The number of hydrogen-bond acceptors (Lipinski definition) is 11. The molecule has 3 aromatic rings. The molecule has 0 spiro atoms. The molecule has 0 aliphatic heterocycles. The van der Waals surface area contributed by atoms with E-state index in [1.54, 1.807) is 51.1 Å². The van der Waals surface area contributed by atoms with Gasteiger partial charge in [-0.1, -0.05) is 48.5 Å². The number of carboxylic acids is 1. The minimum Gasteiger partial charge on any atom is -0.480 e. The van der Waals surface area contributed by atoms with Crippen molar-refractivity contribution in [2.75, 3.05) is 38.2 Å². The lowest BCUT2D eigenvalue weighted by molar-refractivity contribution is -0.148. The van der Waals surface area contributed by atoms with Gasteiger partial charge in [0, 0.05) is 13.1 Å². The number of para-hydroxylation sites is 1. The van der Waals surface area contributed by atoms with E-state index in [-0.39, 0.29) is 43.3 Å². The third-order valence-corrected chi connectivity index (χ3v) is 8.52. The topological polar surface area (TPSA) is 204 Å². The molecule has 276 valence electrons. The van der Waals surface area contributed by atoms with E-state index in [2.05, 4.69) is 10.6 Å². The molecule has 0 unspecified atom stereocenters. The first-order valence-electron chi connectivity index (χ1n) is 16.7. The second kappa shape index (κ2) is 20.0. The van der Waals surface area contributed by atoms with Crippen molar-refractivity contribution in [2.24, 2.45) is 5.14 Å². The van der Waals surface area contributed by atoms with Gasteiger partial charge in [-0.25, -0.2) is 18.4 Å². The van der Waals surface area contributed by atoms with E-state index in [1.807, 2.05) is 30.3 Å². The van der Waals surface area contributed by atoms with Gasteiger partial charge in [-0.15, -0.1) is 0 Å². The Balaban J connectivity index is 1.72. The molecule has 0 bridgehead atoms. The van der Waals surface area contributed by atoms with Gasteiger partial charge >= 0.3 is 17.9 Å². The van der Waals surface area contributed by atoms with Crippen LogP contribution in [0.15, 0.2) is 77.7 Å². The summed E-state index contributed by atoms with van der Waals surface area (Å²) in [4.78, 5) is 51.3. The average molecular weight is 727 g/mol. The number of carboxylic acid groups (broad SMARTS) is 1. The highest BCUT2D eigenvalue weighted by atomic mass is 32.2. The van der Waals surface area contributed by atoms with E-state index >= 15 is 0 Å². The minimum absolute atomic E-state index is 0.0610. The number of amides is 1. The van der Waals surface area contributed by atoms with Crippen molar-refractivity contribution < 1.29 is 46.9 Å². The molecule has 0 heterocycles. The highest BCUT2D eigenvalue weighted by Crippen LogP contribution is 2.37. The molecule has 0 saturated heterocycles. The van der Waals surface area contributed by atoms with Gasteiger partial charge < -0.3 is 29.5 Å². The van der Waals surface area contributed by atoms with Crippen LogP contribution < -0.4 is 20.5 Å². The molecule has 3 rings (SSSR count). The number of sulfonamides is 1. The molecule has 0 radical (unpaired) electrons. The molecular formula is C36H46N4O10S. The maximum absolute atomic E-state index is 13.5. The largest absolute Gasteiger partial charge is 0.480 e. The summed E-state index contributed by atoms with van der Waals surface area (Å²) in [5, 5.41) is 21.2. The molecule has 0 aliphatic carbocycles. The zero-order valence-corrected chi connectivity index (χ0v) is 29.8. The summed E-state index contributed by atoms with van der Waals surface area (Å²) in [6.45, 7) is 4.84. The van der Waals surface area contributed by atoms with Crippen LogP contribution in [0.5, 0.6) is 11.5 Å². The number of rotatable bonds is 21. The van der Waals surface area contributed by atoms with Gasteiger partial charge in [-0.05, 0) is 76.3 Å². The summed E-state index contributed by atoms with van der Waals surface area (Å²) in [6.07, 6.45) is 1.67. The van der Waals surface area contributed by atoms with Crippen LogP contribution >= 0.6 is 0 Å². The summed E-state index contributed by atoms with van der Waals surface area (Å²) in [6, 6.07) is 18.8. The number of hydrogen-bond donors (Lipinski definition) is 4. The highest BCUT2D eigenvalue weighted by Gasteiger charge is 2.28. The van der Waals surface area contributed by atoms with Crippen LogP contribution in [0.2, 0.25) is 0 Å². The van der Waals surface area contributed by atoms with Crippen LogP contribution in [0.1, 0.15) is 56.0 Å². The number of unbranched alkanes of at least 4 members (excludes halogenated alkanes) is 1. The molecule has 0 saturated carbocycles. The molecule has 3 aromatic carbocycles. The number of carbonyl (C=O) groups is 4. The van der Waals surface area contributed by atoms with Crippen molar-refractivity contribution in [3.63, 3.8) is 0 Å². The van der Waals surface area contributed by atoms with Crippen molar-refractivity contribution in [2.45, 2.75) is 63.4 Å². The third kappa shape index (κ3) is 13.0. The Labute approximate surface area is 298 Å². The lowest BCUT2D eigenvalue weighted by atomic mass is 10.0. The van der Waals surface area contributed by atoms with Crippen LogP contribution in [0, 0.1) is 0 Å². The summed E-state index contributed by atoms with van der Waals surface area (Å²) < 4.78 is 41.5. The van der Waals surface area contributed by atoms with Crippen LogP contribution in [0.4, 0.5) is 5.69 Å². The van der Waals surface area contributed by atoms with Gasteiger partial charge in [0.25, 0.3) is 0 Å². The molecule has 2 atom stereocenters. The number of aliphatic carboxylic acids is 1. The summed E-state index contributed by atoms with van der Waals surface area (Å²) >= 11 is 0. The quantitative estimate of drug-likeness (QED) is 0.0911. The Morgan fingerprint density at radius 3 is 2.18 bits per heavy atom. The Morgan fingerprint density at radius 1 is 0.922 bits per heavy atom. The second-order valence-electron chi connectivity index (χ2n) is 11.5. The summed E-state index contributed by atoms with van der Waals surface area (Å²) in [7, 11) is -4.37. The maximum atomic E-state index is 13.5. The fraction of sp³-hybridized carbons (Fsp3) is 0.389. The highest BCUT2D eigenvalue weighted by molar-refractivity contribution is 7.89. The number of benzene rings is 3. The zero-order valence-electron chi connectivity index (χ0n) is 29.0. The molecule has 51 heavy (non-hydrogen) atoms. The number of primary sulfonamides is 1. The number of aryl methyl sites for hydroxylation is 1. The van der Waals surface area contributed by atoms with Crippen LogP contribution in [0.3, 0.4) is 0 Å². The lowest BCUT2D eigenvalue weighted by Crippen LogP contribution is -2.52. The monoisotopic (exact) mass is 726 g/mol. The second-order valence-corrected chi connectivity index (χ2v) is 13.1. The predicted octanol–water partition coefficient (Wildman–Crippen LogP) is 3.95. The Hall–Kier alpha value is -4.99. The van der Waals surface area contributed by atoms with E-state index < -0.39 is 57.4 Å². The first kappa shape index (κ1) is 40.4. The molecule has 1 amide bonds. The molecule has 15 heteroatoms. The number of nitrogens with two attached hydrogens (primary N) is 1. The minimum atomic E-state index is -4.37. The number of nitrogens with zero attached hydrogens (tertiary/aromatic N) is 1.